The number of carbonyl (C=O) groups is 2. The Morgan fingerprint density at radius 3 is 2.64 bits per heavy atom. The quantitative estimate of drug-likeness (QED) is 0.680. The largest absolute Gasteiger partial charge is 0.300 e. The summed E-state index contributed by atoms with van der Waals surface area (Å²) in [6, 6.07) is 0. The number of fused-ring (bicyclic) bond motifs is 5. The van der Waals surface area contributed by atoms with E-state index < -0.39 is 0 Å². The molecule has 0 aromatic rings. The number of carbonyl (C=O) groups excluding carboxylic acids is 2. The molecule has 134 valence electrons. The highest BCUT2D eigenvalue weighted by atomic mass is 16.1. The van der Waals surface area contributed by atoms with E-state index in [2.05, 4.69) is 39.8 Å². The Morgan fingerprint density at radius 2 is 1.96 bits per heavy atom. The molecule has 2 nitrogen and oxygen atoms in total. The van der Waals surface area contributed by atoms with Crippen molar-refractivity contribution in [2.24, 2.45) is 40.4 Å². The van der Waals surface area contributed by atoms with Crippen LogP contribution in [0.3, 0.4) is 0 Å². The van der Waals surface area contributed by atoms with Crippen molar-refractivity contribution < 1.29 is 9.59 Å². The van der Waals surface area contributed by atoms with E-state index in [-0.39, 0.29) is 22.5 Å². The van der Waals surface area contributed by atoms with Gasteiger partial charge in [-0.25, -0.2) is 0 Å². The van der Waals surface area contributed by atoms with Crippen LogP contribution >= 0.6 is 0 Å². The van der Waals surface area contributed by atoms with E-state index >= 15 is 0 Å². The van der Waals surface area contributed by atoms with Gasteiger partial charge in [0.15, 0.2) is 5.78 Å². The molecule has 25 heavy (non-hydrogen) atoms. The molecule has 0 spiro atoms. The molecule has 4 aliphatic rings. The molecule has 0 aliphatic heterocycles. The molecule has 0 aromatic carbocycles. The molecule has 0 saturated heterocycles. The van der Waals surface area contributed by atoms with Gasteiger partial charge >= 0.3 is 0 Å². The second-order valence-electron chi connectivity index (χ2n) is 9.56. The zero-order valence-electron chi connectivity index (χ0n) is 16.1. The highest BCUT2D eigenvalue weighted by Crippen LogP contribution is 2.66. The van der Waals surface area contributed by atoms with Gasteiger partial charge in [-0.15, -0.1) is 0 Å². The predicted molar refractivity (Wildman–Crippen MR) is 99.9 cm³/mol. The molecule has 0 heterocycles. The molecule has 0 bridgehead atoms. The molecule has 2 saturated carbocycles. The van der Waals surface area contributed by atoms with Crippen molar-refractivity contribution in [2.75, 3.05) is 0 Å². The average Bonchev–Trinajstić information content (AvgIpc) is 2.80. The minimum absolute atomic E-state index is 0.0315. The van der Waals surface area contributed by atoms with Crippen LogP contribution in [0.4, 0.5) is 0 Å². The summed E-state index contributed by atoms with van der Waals surface area (Å²) in [5.41, 5.74) is 2.59. The van der Waals surface area contributed by atoms with Gasteiger partial charge in [-0.2, -0.15) is 0 Å². The fraction of sp³-hybridized carbons (Fsp3) is 0.652. The molecular weight excluding hydrogens is 308 g/mol. The highest BCUT2D eigenvalue weighted by molar-refractivity contribution is 6.01. The molecule has 7 unspecified atom stereocenters. The van der Waals surface area contributed by atoms with Gasteiger partial charge in [-0.05, 0) is 79.9 Å². The van der Waals surface area contributed by atoms with Gasteiger partial charge < -0.3 is 0 Å². The first-order valence-electron chi connectivity index (χ1n) is 9.83. The fourth-order valence-electron chi connectivity index (χ4n) is 7.29. The van der Waals surface area contributed by atoms with Gasteiger partial charge in [-0.1, -0.05) is 38.5 Å². The van der Waals surface area contributed by atoms with Gasteiger partial charge in [0, 0.05) is 11.3 Å². The number of hydrogen-bond donors (Lipinski definition) is 0. The molecule has 2 fully saturated rings. The molecule has 4 rings (SSSR count). The lowest BCUT2D eigenvalue weighted by Crippen LogP contribution is -2.49. The minimum Gasteiger partial charge on any atom is -0.300 e. The van der Waals surface area contributed by atoms with Crippen molar-refractivity contribution in [3.8, 4) is 0 Å². The lowest BCUT2D eigenvalue weighted by atomic mass is 9.48. The van der Waals surface area contributed by atoms with Crippen LogP contribution in [0.2, 0.25) is 0 Å². The van der Waals surface area contributed by atoms with Crippen molar-refractivity contribution in [2.45, 2.75) is 53.9 Å². The Kier molecular flexibility index (Phi) is 3.59. The Morgan fingerprint density at radius 1 is 1.24 bits per heavy atom. The summed E-state index contributed by atoms with van der Waals surface area (Å²) in [4.78, 5) is 24.3. The van der Waals surface area contributed by atoms with Gasteiger partial charge in [-0.3, -0.25) is 9.59 Å². The maximum atomic E-state index is 12.4. The summed E-state index contributed by atoms with van der Waals surface area (Å²) in [6.45, 7) is 10.9. The normalized spacial score (nSPS) is 48.2. The van der Waals surface area contributed by atoms with Crippen LogP contribution in [0.15, 0.2) is 35.5 Å². The summed E-state index contributed by atoms with van der Waals surface area (Å²) < 4.78 is 0. The van der Waals surface area contributed by atoms with Crippen LogP contribution in [-0.2, 0) is 9.59 Å². The predicted octanol–water partition coefficient (Wildman–Crippen LogP) is 4.91. The van der Waals surface area contributed by atoms with Crippen LogP contribution in [-0.4, -0.2) is 11.6 Å². The first kappa shape index (κ1) is 17.0. The van der Waals surface area contributed by atoms with Crippen molar-refractivity contribution in [3.05, 3.63) is 35.5 Å². The van der Waals surface area contributed by atoms with Crippen LogP contribution < -0.4 is 0 Å². The Balaban J connectivity index is 1.80. The lowest BCUT2D eigenvalue weighted by molar-refractivity contribution is -0.127. The van der Waals surface area contributed by atoms with Gasteiger partial charge in [0.25, 0.3) is 0 Å². The van der Waals surface area contributed by atoms with E-state index in [1.54, 1.807) is 13.0 Å². The standard InChI is InChI=1S/C23H30O2/c1-13-10-17-18(22(4)8-6-16(25)12-19(13)22)7-9-23(5)20(17)11-14(2)21(23)15(3)24/h6,8,10,12,14,17-18,20-21H,7,9,11H2,1-5H3. The zero-order valence-corrected chi connectivity index (χ0v) is 16.1. The third-order valence-corrected chi connectivity index (χ3v) is 8.21. The SMILES string of the molecule is CC(=O)C1C(C)CC2C3C=C(C)C4=CC(=O)C=CC4(C)C3CCC21C. The second kappa shape index (κ2) is 5.28. The second-order valence-corrected chi connectivity index (χ2v) is 9.56. The summed E-state index contributed by atoms with van der Waals surface area (Å²) in [6.07, 6.45) is 11.7. The summed E-state index contributed by atoms with van der Waals surface area (Å²) in [5, 5.41) is 0. The fourth-order valence-corrected chi connectivity index (χ4v) is 7.29. The van der Waals surface area contributed by atoms with E-state index in [9.17, 15) is 9.59 Å². The van der Waals surface area contributed by atoms with Crippen molar-refractivity contribution >= 4 is 11.6 Å². The maximum absolute atomic E-state index is 12.4. The molecule has 7 atom stereocenters. The van der Waals surface area contributed by atoms with Gasteiger partial charge in [0.2, 0.25) is 0 Å². The third kappa shape index (κ3) is 2.15. The Bertz CT molecular complexity index is 739. The molecule has 0 radical (unpaired) electrons. The van der Waals surface area contributed by atoms with E-state index in [4.69, 9.17) is 0 Å². The van der Waals surface area contributed by atoms with Crippen LogP contribution in [0.1, 0.15) is 53.9 Å². The van der Waals surface area contributed by atoms with Gasteiger partial charge in [0.05, 0.1) is 0 Å². The van der Waals surface area contributed by atoms with Crippen molar-refractivity contribution in [1.29, 1.82) is 0 Å². The van der Waals surface area contributed by atoms with Crippen LogP contribution in [0, 0.1) is 40.4 Å². The average molecular weight is 338 g/mol. The number of ketones is 2. The van der Waals surface area contributed by atoms with Crippen molar-refractivity contribution in [1.82, 2.24) is 0 Å². The summed E-state index contributed by atoms with van der Waals surface area (Å²) >= 11 is 0. The third-order valence-electron chi connectivity index (χ3n) is 8.21. The monoisotopic (exact) mass is 338 g/mol. The number of hydrogen-bond acceptors (Lipinski definition) is 2. The van der Waals surface area contributed by atoms with Crippen LogP contribution in [0.25, 0.3) is 0 Å². The molecular formula is C23H30O2. The number of rotatable bonds is 1. The maximum Gasteiger partial charge on any atom is 0.178 e. The van der Waals surface area contributed by atoms with E-state index in [0.717, 1.165) is 19.3 Å². The topological polar surface area (TPSA) is 34.1 Å². The first-order chi connectivity index (χ1) is 11.7. The molecule has 2 heteroatoms. The van der Waals surface area contributed by atoms with Crippen LogP contribution in [0.5, 0.6) is 0 Å². The summed E-state index contributed by atoms with van der Waals surface area (Å²) in [5.74, 6) is 2.82. The Hall–Kier alpha value is -1.44. The number of allylic oxidation sites excluding steroid dienone is 6. The summed E-state index contributed by atoms with van der Waals surface area (Å²) in [7, 11) is 0. The molecule has 0 N–H and O–H groups in total. The Labute approximate surface area is 151 Å². The molecule has 0 amide bonds. The highest BCUT2D eigenvalue weighted by Gasteiger charge is 2.60. The zero-order chi connectivity index (χ0) is 18.1. The molecule has 0 aromatic heterocycles. The van der Waals surface area contributed by atoms with E-state index in [0.29, 0.717) is 29.5 Å². The smallest absolute Gasteiger partial charge is 0.178 e. The van der Waals surface area contributed by atoms with E-state index in [1.807, 2.05) is 6.08 Å². The first-order valence-corrected chi connectivity index (χ1v) is 9.83. The van der Waals surface area contributed by atoms with Crippen molar-refractivity contribution in [3.63, 3.8) is 0 Å². The molecule has 4 aliphatic carbocycles. The minimum atomic E-state index is -0.0315. The van der Waals surface area contributed by atoms with E-state index in [1.165, 1.54) is 11.1 Å². The van der Waals surface area contributed by atoms with Gasteiger partial charge in [0.1, 0.15) is 5.78 Å². The number of Topliss-reactive ketones (excluding diaryl/α,β-unsaturated/α-hetero) is 1. The lowest BCUT2D eigenvalue weighted by Gasteiger charge is -2.55.